The molecule has 88 valence electrons. The Labute approximate surface area is 102 Å². The fourth-order valence-corrected chi connectivity index (χ4v) is 1.86. The monoisotopic (exact) mass is 239 g/mol. The van der Waals surface area contributed by atoms with Gasteiger partial charge in [-0.25, -0.2) is 0 Å². The topological polar surface area (TPSA) is 63.1 Å². The third-order valence-electron chi connectivity index (χ3n) is 2.74. The van der Waals surface area contributed by atoms with Gasteiger partial charge in [-0.1, -0.05) is 18.2 Å². The molecule has 1 N–H and O–H groups in total. The van der Waals surface area contributed by atoms with Crippen LogP contribution in [0.4, 0.5) is 0 Å². The lowest BCUT2D eigenvalue weighted by molar-refractivity contribution is 0.101. The molecule has 2 heterocycles. The van der Waals surface area contributed by atoms with Gasteiger partial charge in [0.15, 0.2) is 5.76 Å². The second-order valence-electron chi connectivity index (χ2n) is 3.91. The first-order valence-electron chi connectivity index (χ1n) is 5.46. The summed E-state index contributed by atoms with van der Waals surface area (Å²) in [5, 5.41) is 0.812. The number of carbonyl (C=O) groups is 1. The highest BCUT2D eigenvalue weighted by molar-refractivity contribution is 6.08. The van der Waals surface area contributed by atoms with E-state index in [9.17, 15) is 9.59 Å². The number of aromatic amines is 1. The molecule has 4 nitrogen and oxygen atoms in total. The minimum absolute atomic E-state index is 0.0867. The number of rotatable bonds is 2. The Morgan fingerprint density at radius 2 is 1.94 bits per heavy atom. The van der Waals surface area contributed by atoms with Gasteiger partial charge in [0, 0.05) is 5.52 Å². The number of pyridine rings is 1. The predicted octanol–water partition coefficient (Wildman–Crippen LogP) is 2.35. The molecule has 0 aliphatic carbocycles. The number of fused-ring (bicyclic) bond motifs is 1. The summed E-state index contributed by atoms with van der Waals surface area (Å²) in [5.74, 6) is -0.247. The zero-order valence-corrected chi connectivity index (χ0v) is 9.34. The average molecular weight is 239 g/mol. The molecule has 3 aromatic rings. The molecule has 2 aromatic heterocycles. The molecular weight excluding hydrogens is 230 g/mol. The smallest absolute Gasteiger partial charge is 0.259 e. The summed E-state index contributed by atoms with van der Waals surface area (Å²) in [6.45, 7) is 0. The predicted molar refractivity (Wildman–Crippen MR) is 66.7 cm³/mol. The Bertz CT molecular complexity index is 769. The van der Waals surface area contributed by atoms with Gasteiger partial charge >= 0.3 is 0 Å². The van der Waals surface area contributed by atoms with Gasteiger partial charge in [-0.05, 0) is 29.7 Å². The lowest BCUT2D eigenvalue weighted by Crippen LogP contribution is -2.17. The van der Waals surface area contributed by atoms with E-state index in [-0.39, 0.29) is 11.3 Å². The quantitative estimate of drug-likeness (QED) is 0.698. The molecule has 0 atom stereocenters. The maximum Gasteiger partial charge on any atom is 0.259 e. The third kappa shape index (κ3) is 1.64. The van der Waals surface area contributed by atoms with E-state index in [4.69, 9.17) is 4.42 Å². The van der Waals surface area contributed by atoms with Crippen molar-refractivity contribution in [3.63, 3.8) is 0 Å². The Hall–Kier alpha value is -2.62. The van der Waals surface area contributed by atoms with Crippen molar-refractivity contribution in [2.75, 3.05) is 0 Å². The summed E-state index contributed by atoms with van der Waals surface area (Å²) in [6, 6.07) is 12.0. The number of benzene rings is 1. The molecule has 0 fully saturated rings. The van der Waals surface area contributed by atoms with E-state index in [2.05, 4.69) is 4.98 Å². The molecule has 0 bridgehead atoms. The van der Waals surface area contributed by atoms with Gasteiger partial charge in [-0.3, -0.25) is 9.59 Å². The Kier molecular flexibility index (Phi) is 2.34. The molecule has 0 saturated carbocycles. The number of H-pyrrole nitrogens is 1. The van der Waals surface area contributed by atoms with Crippen LogP contribution in [0.5, 0.6) is 0 Å². The molecule has 0 unspecified atom stereocenters. The standard InChI is InChI=1S/C14H9NO3/c16-13(12-6-3-7-18-12)10-8-9-4-1-2-5-11(9)15-14(10)17/h1-8H,(H,15,17). The first-order valence-corrected chi connectivity index (χ1v) is 5.46. The van der Waals surface area contributed by atoms with Crippen LogP contribution in [0.3, 0.4) is 0 Å². The first-order chi connectivity index (χ1) is 8.75. The molecule has 4 heteroatoms. The SMILES string of the molecule is O=C(c1ccco1)c1cc2ccccc2[nH]c1=O. The second kappa shape index (κ2) is 4.00. The number of furan rings is 1. The van der Waals surface area contributed by atoms with Crippen molar-refractivity contribution in [3.05, 3.63) is 70.4 Å². The fraction of sp³-hybridized carbons (Fsp3) is 0. The molecule has 0 aliphatic heterocycles. The summed E-state index contributed by atoms with van der Waals surface area (Å²) < 4.78 is 5.01. The number of ketones is 1. The molecule has 0 aliphatic rings. The van der Waals surface area contributed by atoms with E-state index in [1.165, 1.54) is 12.3 Å². The van der Waals surface area contributed by atoms with Crippen LogP contribution in [0.1, 0.15) is 16.1 Å². The highest BCUT2D eigenvalue weighted by atomic mass is 16.3. The zero-order valence-electron chi connectivity index (χ0n) is 9.34. The lowest BCUT2D eigenvalue weighted by atomic mass is 10.1. The Balaban J connectivity index is 2.21. The van der Waals surface area contributed by atoms with E-state index >= 15 is 0 Å². The molecule has 1 aromatic carbocycles. The number of aromatic nitrogens is 1. The number of para-hydroxylation sites is 1. The van der Waals surface area contributed by atoms with Crippen LogP contribution in [0.2, 0.25) is 0 Å². The fourth-order valence-electron chi connectivity index (χ4n) is 1.86. The molecule has 0 saturated heterocycles. The minimum atomic E-state index is -0.410. The van der Waals surface area contributed by atoms with Gasteiger partial charge in [0.1, 0.15) is 0 Å². The number of nitrogens with one attached hydrogen (secondary N) is 1. The van der Waals surface area contributed by atoms with Crippen LogP contribution < -0.4 is 5.56 Å². The maximum atomic E-state index is 12.1. The Morgan fingerprint density at radius 3 is 2.72 bits per heavy atom. The van der Waals surface area contributed by atoms with Crippen LogP contribution in [-0.2, 0) is 0 Å². The van der Waals surface area contributed by atoms with Crippen LogP contribution >= 0.6 is 0 Å². The number of hydrogen-bond donors (Lipinski definition) is 1. The van der Waals surface area contributed by atoms with Crippen LogP contribution in [0, 0.1) is 0 Å². The molecule has 0 amide bonds. The molecule has 0 spiro atoms. The number of carbonyl (C=O) groups excluding carboxylic acids is 1. The highest BCUT2D eigenvalue weighted by Gasteiger charge is 2.16. The van der Waals surface area contributed by atoms with Crippen LogP contribution in [0.25, 0.3) is 10.9 Å². The van der Waals surface area contributed by atoms with Crippen molar-refractivity contribution in [1.82, 2.24) is 4.98 Å². The van der Waals surface area contributed by atoms with Crippen molar-refractivity contribution in [2.24, 2.45) is 0 Å². The Morgan fingerprint density at radius 1 is 1.11 bits per heavy atom. The van der Waals surface area contributed by atoms with E-state index in [0.29, 0.717) is 5.52 Å². The van der Waals surface area contributed by atoms with E-state index in [1.54, 1.807) is 18.2 Å². The second-order valence-corrected chi connectivity index (χ2v) is 3.91. The van der Waals surface area contributed by atoms with E-state index < -0.39 is 11.3 Å². The molecule has 18 heavy (non-hydrogen) atoms. The van der Waals surface area contributed by atoms with Gasteiger partial charge in [-0.15, -0.1) is 0 Å². The first kappa shape index (κ1) is 10.5. The van der Waals surface area contributed by atoms with Gasteiger partial charge in [-0.2, -0.15) is 0 Å². The summed E-state index contributed by atoms with van der Waals surface area (Å²) in [4.78, 5) is 26.6. The van der Waals surface area contributed by atoms with Crippen molar-refractivity contribution < 1.29 is 9.21 Å². The maximum absolute atomic E-state index is 12.1. The van der Waals surface area contributed by atoms with Crippen molar-refractivity contribution in [3.8, 4) is 0 Å². The highest BCUT2D eigenvalue weighted by Crippen LogP contribution is 2.13. The van der Waals surface area contributed by atoms with Crippen LogP contribution in [0.15, 0.2) is 57.9 Å². The van der Waals surface area contributed by atoms with Crippen molar-refractivity contribution >= 4 is 16.7 Å². The van der Waals surface area contributed by atoms with E-state index in [0.717, 1.165) is 5.39 Å². The zero-order chi connectivity index (χ0) is 12.5. The average Bonchev–Trinajstić information content (AvgIpc) is 2.91. The minimum Gasteiger partial charge on any atom is -0.461 e. The largest absolute Gasteiger partial charge is 0.461 e. The summed E-state index contributed by atoms with van der Waals surface area (Å²) in [5.41, 5.74) is 0.386. The van der Waals surface area contributed by atoms with Crippen LogP contribution in [-0.4, -0.2) is 10.8 Å². The van der Waals surface area contributed by atoms with Gasteiger partial charge < -0.3 is 9.40 Å². The van der Waals surface area contributed by atoms with Crippen molar-refractivity contribution in [2.45, 2.75) is 0 Å². The molecule has 0 radical (unpaired) electrons. The third-order valence-corrected chi connectivity index (χ3v) is 2.74. The van der Waals surface area contributed by atoms with Gasteiger partial charge in [0.25, 0.3) is 5.56 Å². The summed E-state index contributed by atoms with van der Waals surface area (Å²) in [6.07, 6.45) is 1.41. The summed E-state index contributed by atoms with van der Waals surface area (Å²) >= 11 is 0. The van der Waals surface area contributed by atoms with Gasteiger partial charge in [0.2, 0.25) is 5.78 Å². The lowest BCUT2D eigenvalue weighted by Gasteiger charge is -2.00. The molecular formula is C14H9NO3. The number of hydrogen-bond acceptors (Lipinski definition) is 3. The summed E-state index contributed by atoms with van der Waals surface area (Å²) in [7, 11) is 0. The molecule has 3 rings (SSSR count). The van der Waals surface area contributed by atoms with Crippen molar-refractivity contribution in [1.29, 1.82) is 0 Å². The van der Waals surface area contributed by atoms with E-state index in [1.807, 2.05) is 18.2 Å². The van der Waals surface area contributed by atoms with Gasteiger partial charge in [0.05, 0.1) is 11.8 Å². The normalized spacial score (nSPS) is 10.7.